The smallest absolute Gasteiger partial charge is 0.308 e. The highest BCUT2D eigenvalue weighted by Crippen LogP contribution is 2.23. The van der Waals surface area contributed by atoms with Crippen LogP contribution in [-0.2, 0) is 4.79 Å². The first-order valence-corrected chi connectivity index (χ1v) is 5.65. The monoisotopic (exact) mass is 286 g/mol. The zero-order valence-electron chi connectivity index (χ0n) is 9.92. The number of hydrogen-bond donors (Lipinski definition) is 2. The largest absolute Gasteiger partial charge is 0.481 e. The molecule has 19 heavy (non-hydrogen) atoms. The van der Waals surface area contributed by atoms with E-state index in [2.05, 4.69) is 5.32 Å². The number of nitrogens with zero attached hydrogens (tertiary/aromatic N) is 1. The Labute approximate surface area is 113 Å². The van der Waals surface area contributed by atoms with Crippen LogP contribution >= 0.6 is 11.6 Å². The number of carboxylic acid groups (broad SMARTS) is 1. The van der Waals surface area contributed by atoms with Gasteiger partial charge in [0.05, 0.1) is 10.8 Å². The Morgan fingerprint density at radius 3 is 2.68 bits per heavy atom. The SMILES string of the molecule is CC(CNC(=O)c1ccc(Cl)cc1[N+](=O)[O-])C(=O)O. The Bertz CT molecular complexity index is 532. The minimum atomic E-state index is -1.06. The van der Waals surface area contributed by atoms with E-state index in [4.69, 9.17) is 16.7 Å². The minimum absolute atomic E-state index is 0.117. The maximum atomic E-state index is 11.8. The fourth-order valence-electron chi connectivity index (χ4n) is 1.28. The number of nitro groups is 1. The third-order valence-electron chi connectivity index (χ3n) is 2.39. The standard InChI is InChI=1S/C11H11ClN2O5/c1-6(11(16)17)5-13-10(15)8-3-2-7(12)4-9(8)14(18)19/h2-4,6H,5H2,1H3,(H,13,15)(H,16,17). The molecule has 0 radical (unpaired) electrons. The van der Waals surface area contributed by atoms with Gasteiger partial charge in [-0.3, -0.25) is 19.7 Å². The molecule has 1 aromatic rings. The molecule has 1 unspecified atom stereocenters. The second kappa shape index (κ2) is 6.14. The van der Waals surface area contributed by atoms with E-state index in [9.17, 15) is 19.7 Å². The lowest BCUT2D eigenvalue weighted by atomic mass is 10.1. The number of halogens is 1. The summed E-state index contributed by atoms with van der Waals surface area (Å²) in [6.45, 7) is 1.30. The number of carbonyl (C=O) groups is 2. The number of nitro benzene ring substituents is 1. The number of amides is 1. The van der Waals surface area contributed by atoms with Gasteiger partial charge in [-0.25, -0.2) is 0 Å². The summed E-state index contributed by atoms with van der Waals surface area (Å²) in [6, 6.07) is 3.64. The summed E-state index contributed by atoms with van der Waals surface area (Å²) < 4.78 is 0. The zero-order valence-corrected chi connectivity index (χ0v) is 10.7. The van der Waals surface area contributed by atoms with Crippen molar-refractivity contribution < 1.29 is 19.6 Å². The van der Waals surface area contributed by atoms with E-state index >= 15 is 0 Å². The van der Waals surface area contributed by atoms with Crippen LogP contribution < -0.4 is 5.32 Å². The topological polar surface area (TPSA) is 110 Å². The summed E-state index contributed by atoms with van der Waals surface area (Å²) in [5.41, 5.74) is -0.583. The molecule has 1 aromatic carbocycles. The molecule has 102 valence electrons. The summed E-state index contributed by atoms with van der Waals surface area (Å²) in [7, 11) is 0. The molecule has 7 nitrogen and oxygen atoms in total. The highest BCUT2D eigenvalue weighted by molar-refractivity contribution is 6.31. The normalized spacial score (nSPS) is 11.7. The maximum absolute atomic E-state index is 11.8. The van der Waals surface area contributed by atoms with E-state index in [1.165, 1.54) is 19.1 Å². The van der Waals surface area contributed by atoms with E-state index in [0.29, 0.717) is 0 Å². The molecule has 0 aliphatic heterocycles. The van der Waals surface area contributed by atoms with E-state index in [-0.39, 0.29) is 17.1 Å². The summed E-state index contributed by atoms with van der Waals surface area (Å²) in [6.07, 6.45) is 0. The first-order chi connectivity index (χ1) is 8.82. The van der Waals surface area contributed by atoms with Gasteiger partial charge in [0, 0.05) is 17.6 Å². The molecule has 0 saturated carbocycles. The molecular weight excluding hydrogens is 276 g/mol. The number of rotatable bonds is 5. The molecule has 8 heteroatoms. The molecule has 0 bridgehead atoms. The van der Waals surface area contributed by atoms with Gasteiger partial charge in [-0.2, -0.15) is 0 Å². The van der Waals surface area contributed by atoms with E-state index in [0.717, 1.165) is 6.07 Å². The van der Waals surface area contributed by atoms with Crippen molar-refractivity contribution in [1.82, 2.24) is 5.32 Å². The Hall–Kier alpha value is -2.15. The van der Waals surface area contributed by atoms with Crippen molar-refractivity contribution in [2.75, 3.05) is 6.54 Å². The molecule has 1 amide bonds. The third-order valence-corrected chi connectivity index (χ3v) is 2.63. The van der Waals surface area contributed by atoms with Gasteiger partial charge in [-0.05, 0) is 12.1 Å². The van der Waals surface area contributed by atoms with Crippen molar-refractivity contribution in [3.63, 3.8) is 0 Å². The fraction of sp³-hybridized carbons (Fsp3) is 0.273. The Kier molecular flexibility index (Phi) is 4.82. The van der Waals surface area contributed by atoms with E-state index in [1.54, 1.807) is 0 Å². The predicted octanol–water partition coefficient (Wildman–Crippen LogP) is 1.70. The molecule has 0 fully saturated rings. The van der Waals surface area contributed by atoms with Crippen LogP contribution in [0.1, 0.15) is 17.3 Å². The van der Waals surface area contributed by atoms with Crippen molar-refractivity contribution in [3.8, 4) is 0 Å². The lowest BCUT2D eigenvalue weighted by Crippen LogP contribution is -2.31. The Morgan fingerprint density at radius 2 is 2.16 bits per heavy atom. The van der Waals surface area contributed by atoms with Crippen molar-refractivity contribution in [1.29, 1.82) is 0 Å². The number of benzene rings is 1. The number of carboxylic acids is 1. The molecule has 0 aliphatic carbocycles. The fourth-order valence-corrected chi connectivity index (χ4v) is 1.44. The molecule has 2 N–H and O–H groups in total. The Balaban J connectivity index is 2.88. The molecule has 0 aromatic heterocycles. The van der Waals surface area contributed by atoms with Gasteiger partial charge >= 0.3 is 5.97 Å². The average molecular weight is 287 g/mol. The lowest BCUT2D eigenvalue weighted by Gasteiger charge is -2.08. The van der Waals surface area contributed by atoms with Crippen molar-refractivity contribution in [3.05, 3.63) is 38.9 Å². The second-order valence-electron chi connectivity index (χ2n) is 3.87. The van der Waals surface area contributed by atoms with Crippen LogP contribution in [0.2, 0.25) is 5.02 Å². The molecule has 0 spiro atoms. The van der Waals surface area contributed by atoms with Gasteiger partial charge in [0.25, 0.3) is 11.6 Å². The van der Waals surface area contributed by atoms with Gasteiger partial charge < -0.3 is 10.4 Å². The lowest BCUT2D eigenvalue weighted by molar-refractivity contribution is -0.385. The number of carbonyl (C=O) groups excluding carboxylic acids is 1. The van der Waals surface area contributed by atoms with Crippen LogP contribution in [-0.4, -0.2) is 28.5 Å². The molecule has 0 saturated heterocycles. The number of hydrogen-bond acceptors (Lipinski definition) is 4. The summed E-state index contributed by atoms with van der Waals surface area (Å²) in [5.74, 6) is -2.56. The molecular formula is C11H11ClN2O5. The first kappa shape index (κ1) is 14.9. The Morgan fingerprint density at radius 1 is 1.53 bits per heavy atom. The van der Waals surface area contributed by atoms with Crippen LogP contribution in [0.4, 0.5) is 5.69 Å². The minimum Gasteiger partial charge on any atom is -0.481 e. The predicted molar refractivity (Wildman–Crippen MR) is 67.2 cm³/mol. The van der Waals surface area contributed by atoms with Crippen LogP contribution in [0.15, 0.2) is 18.2 Å². The van der Waals surface area contributed by atoms with Crippen molar-refractivity contribution >= 4 is 29.2 Å². The average Bonchev–Trinajstić information content (AvgIpc) is 2.35. The van der Waals surface area contributed by atoms with Crippen molar-refractivity contribution in [2.45, 2.75) is 6.92 Å². The van der Waals surface area contributed by atoms with Gasteiger partial charge in [0.1, 0.15) is 5.56 Å². The van der Waals surface area contributed by atoms with E-state index < -0.39 is 28.4 Å². The molecule has 0 aliphatic rings. The van der Waals surface area contributed by atoms with Crippen LogP contribution in [0.5, 0.6) is 0 Å². The van der Waals surface area contributed by atoms with E-state index in [1.807, 2.05) is 0 Å². The van der Waals surface area contributed by atoms with Crippen LogP contribution in [0, 0.1) is 16.0 Å². The number of nitrogens with one attached hydrogen (secondary N) is 1. The van der Waals surface area contributed by atoms with Crippen LogP contribution in [0.3, 0.4) is 0 Å². The molecule has 1 rings (SSSR count). The summed E-state index contributed by atoms with van der Waals surface area (Å²) in [5, 5.41) is 21.9. The summed E-state index contributed by atoms with van der Waals surface area (Å²) >= 11 is 5.62. The zero-order chi connectivity index (χ0) is 14.6. The maximum Gasteiger partial charge on any atom is 0.308 e. The molecule has 1 atom stereocenters. The van der Waals surface area contributed by atoms with Crippen LogP contribution in [0.25, 0.3) is 0 Å². The van der Waals surface area contributed by atoms with Gasteiger partial charge in [-0.15, -0.1) is 0 Å². The summed E-state index contributed by atoms with van der Waals surface area (Å²) in [4.78, 5) is 32.4. The third kappa shape index (κ3) is 3.92. The highest BCUT2D eigenvalue weighted by Gasteiger charge is 2.21. The van der Waals surface area contributed by atoms with Gasteiger partial charge in [0.2, 0.25) is 0 Å². The van der Waals surface area contributed by atoms with Gasteiger partial charge in [0.15, 0.2) is 0 Å². The number of aliphatic carboxylic acids is 1. The first-order valence-electron chi connectivity index (χ1n) is 5.28. The second-order valence-corrected chi connectivity index (χ2v) is 4.30. The molecule has 0 heterocycles. The van der Waals surface area contributed by atoms with Crippen molar-refractivity contribution in [2.24, 2.45) is 5.92 Å². The highest BCUT2D eigenvalue weighted by atomic mass is 35.5. The quantitative estimate of drug-likeness (QED) is 0.632. The van der Waals surface area contributed by atoms with Gasteiger partial charge in [-0.1, -0.05) is 18.5 Å².